The molecule has 4 rings (SSSR count). The number of fused-ring (bicyclic) bond motifs is 1. The lowest BCUT2D eigenvalue weighted by atomic mass is 9.85. The summed E-state index contributed by atoms with van der Waals surface area (Å²) in [4.78, 5) is 18.3. The van der Waals surface area contributed by atoms with Gasteiger partial charge in [-0.1, -0.05) is 49.4 Å². The van der Waals surface area contributed by atoms with E-state index in [1.54, 1.807) is 4.68 Å². The molecule has 5 heteroatoms. The fourth-order valence-electron chi connectivity index (χ4n) is 3.82. The molecule has 0 amide bonds. The number of hydrogen-bond acceptors (Lipinski definition) is 3. The highest BCUT2D eigenvalue weighted by Gasteiger charge is 2.30. The van der Waals surface area contributed by atoms with Crippen LogP contribution < -0.4 is 10.9 Å². The maximum absolute atomic E-state index is 13.3. The van der Waals surface area contributed by atoms with Crippen molar-refractivity contribution < 1.29 is 0 Å². The minimum atomic E-state index is -0.169. The molecule has 0 saturated carbocycles. The van der Waals surface area contributed by atoms with E-state index in [9.17, 15) is 4.79 Å². The van der Waals surface area contributed by atoms with Crippen molar-refractivity contribution in [1.82, 2.24) is 9.36 Å². The van der Waals surface area contributed by atoms with Gasteiger partial charge in [0.1, 0.15) is 11.5 Å². The number of aliphatic imine (C=N–C) groups is 1. The van der Waals surface area contributed by atoms with Crippen LogP contribution in [0.3, 0.4) is 0 Å². The van der Waals surface area contributed by atoms with E-state index in [2.05, 4.69) is 37.4 Å². The molecule has 0 fully saturated rings. The zero-order valence-electron chi connectivity index (χ0n) is 16.9. The Bertz CT molecular complexity index is 1110. The van der Waals surface area contributed by atoms with E-state index in [0.29, 0.717) is 5.69 Å². The van der Waals surface area contributed by atoms with Gasteiger partial charge in [-0.15, -0.1) is 0 Å². The van der Waals surface area contributed by atoms with Crippen LogP contribution in [0.5, 0.6) is 0 Å². The molecule has 2 heterocycles. The van der Waals surface area contributed by atoms with Crippen LogP contribution in [-0.2, 0) is 13.5 Å². The lowest BCUT2D eigenvalue weighted by Crippen LogP contribution is -2.35. The Hall–Kier alpha value is -3.08. The summed E-state index contributed by atoms with van der Waals surface area (Å²) in [6.07, 6.45) is 1.85. The van der Waals surface area contributed by atoms with Crippen LogP contribution in [0.15, 0.2) is 64.4 Å². The van der Waals surface area contributed by atoms with Crippen LogP contribution in [0.4, 0.5) is 5.69 Å². The van der Waals surface area contributed by atoms with Crippen LogP contribution in [0.25, 0.3) is 5.69 Å². The van der Waals surface area contributed by atoms with Crippen molar-refractivity contribution in [1.29, 1.82) is 0 Å². The summed E-state index contributed by atoms with van der Waals surface area (Å²) in [7, 11) is 1.90. The second-order valence-electron chi connectivity index (χ2n) is 7.71. The fraction of sp³-hybridized carbons (Fsp3) is 0.304. The summed E-state index contributed by atoms with van der Waals surface area (Å²) >= 11 is 0. The average molecular weight is 374 g/mol. The molecule has 1 aromatic heterocycles. The largest absolute Gasteiger partial charge is 0.334 e. The number of benzene rings is 2. The molecule has 1 aliphatic heterocycles. The first-order valence-electron chi connectivity index (χ1n) is 9.73. The molecule has 0 saturated heterocycles. The third-order valence-electron chi connectivity index (χ3n) is 5.78. The summed E-state index contributed by atoms with van der Waals surface area (Å²) in [5.74, 6) is 0.775. The van der Waals surface area contributed by atoms with Gasteiger partial charge >= 0.3 is 0 Å². The lowest BCUT2D eigenvalue weighted by molar-refractivity contribution is 0.448. The van der Waals surface area contributed by atoms with Crippen molar-refractivity contribution in [3.8, 4) is 5.69 Å². The molecule has 0 aliphatic carbocycles. The van der Waals surface area contributed by atoms with Crippen LogP contribution in [0, 0.1) is 6.92 Å². The SMILES string of the molecule is CC[C@]1(C)Cc2ccccc2C(Nc2c(C)n(C)n(-c3ccccc3)c2=O)=N1. The van der Waals surface area contributed by atoms with Gasteiger partial charge < -0.3 is 5.32 Å². The van der Waals surface area contributed by atoms with E-state index in [4.69, 9.17) is 4.99 Å². The second kappa shape index (κ2) is 6.82. The van der Waals surface area contributed by atoms with Gasteiger partial charge in [-0.3, -0.25) is 14.5 Å². The number of nitrogens with zero attached hydrogens (tertiary/aromatic N) is 3. The van der Waals surface area contributed by atoms with Gasteiger partial charge in [-0.2, -0.15) is 0 Å². The number of amidine groups is 1. The molecule has 144 valence electrons. The quantitative estimate of drug-likeness (QED) is 0.751. The highest BCUT2D eigenvalue weighted by Crippen LogP contribution is 2.30. The molecular formula is C23H26N4O. The third kappa shape index (κ3) is 2.97. The van der Waals surface area contributed by atoms with Crippen molar-refractivity contribution in [3.05, 3.63) is 81.8 Å². The van der Waals surface area contributed by atoms with Crippen molar-refractivity contribution >= 4 is 11.5 Å². The Balaban J connectivity index is 1.82. The monoisotopic (exact) mass is 374 g/mol. The summed E-state index contributed by atoms with van der Waals surface area (Å²) in [6, 6.07) is 18.0. The van der Waals surface area contributed by atoms with Gasteiger partial charge in [-0.25, -0.2) is 4.68 Å². The van der Waals surface area contributed by atoms with Gasteiger partial charge in [-0.05, 0) is 44.4 Å². The summed E-state index contributed by atoms with van der Waals surface area (Å²) in [6.45, 7) is 6.29. The maximum atomic E-state index is 13.3. The van der Waals surface area contributed by atoms with Gasteiger partial charge in [0.25, 0.3) is 5.56 Å². The molecule has 0 radical (unpaired) electrons. The standard InChI is InChI=1S/C23H26N4O/c1-5-23(3)15-17-11-9-10-14-19(17)21(25-23)24-20-16(2)26(4)27(22(20)28)18-12-7-6-8-13-18/h6-14H,5,15H2,1-4H3,(H,24,25)/t23-/m1/s1. The third-order valence-corrected chi connectivity index (χ3v) is 5.78. The number of rotatable bonds is 3. The fourth-order valence-corrected chi connectivity index (χ4v) is 3.82. The van der Waals surface area contributed by atoms with Crippen molar-refractivity contribution in [2.75, 3.05) is 5.32 Å². The van der Waals surface area contributed by atoms with E-state index in [0.717, 1.165) is 35.6 Å². The lowest BCUT2D eigenvalue weighted by Gasteiger charge is -2.31. The maximum Gasteiger partial charge on any atom is 0.295 e. The molecule has 1 aliphatic rings. The number of nitrogens with one attached hydrogen (secondary N) is 1. The molecule has 28 heavy (non-hydrogen) atoms. The Labute approximate surface area is 165 Å². The molecule has 1 N–H and O–H groups in total. The average Bonchev–Trinajstić information content (AvgIpc) is 2.92. The molecule has 0 spiro atoms. The van der Waals surface area contributed by atoms with E-state index < -0.39 is 0 Å². The van der Waals surface area contributed by atoms with Gasteiger partial charge in [0.05, 0.1) is 16.9 Å². The van der Waals surface area contributed by atoms with Crippen molar-refractivity contribution in [2.24, 2.45) is 12.0 Å². The van der Waals surface area contributed by atoms with Crippen molar-refractivity contribution in [3.63, 3.8) is 0 Å². The van der Waals surface area contributed by atoms with Crippen LogP contribution in [0.1, 0.15) is 37.1 Å². The minimum absolute atomic E-state index is 0.0739. The summed E-state index contributed by atoms with van der Waals surface area (Å²) in [5, 5.41) is 3.39. The predicted octanol–water partition coefficient (Wildman–Crippen LogP) is 4.07. The first-order chi connectivity index (χ1) is 13.4. The zero-order valence-corrected chi connectivity index (χ0v) is 16.9. The van der Waals surface area contributed by atoms with E-state index in [1.165, 1.54) is 5.56 Å². The smallest absolute Gasteiger partial charge is 0.295 e. The predicted molar refractivity (Wildman–Crippen MR) is 115 cm³/mol. The molecule has 0 bridgehead atoms. The molecule has 1 atom stereocenters. The second-order valence-corrected chi connectivity index (χ2v) is 7.71. The first kappa shape index (κ1) is 18.3. The zero-order chi connectivity index (χ0) is 19.9. The molecule has 5 nitrogen and oxygen atoms in total. The number of aromatic nitrogens is 2. The normalized spacial score (nSPS) is 18.5. The summed E-state index contributed by atoms with van der Waals surface area (Å²) < 4.78 is 3.57. The molecule has 0 unspecified atom stereocenters. The highest BCUT2D eigenvalue weighted by molar-refractivity contribution is 6.10. The van der Waals surface area contributed by atoms with E-state index in [-0.39, 0.29) is 11.1 Å². The van der Waals surface area contributed by atoms with Crippen molar-refractivity contribution in [2.45, 2.75) is 39.2 Å². The molecule has 2 aromatic carbocycles. The van der Waals surface area contributed by atoms with Crippen LogP contribution >= 0.6 is 0 Å². The number of hydrogen-bond donors (Lipinski definition) is 1. The first-order valence-corrected chi connectivity index (χ1v) is 9.73. The highest BCUT2D eigenvalue weighted by atomic mass is 16.1. The Morgan fingerprint density at radius 1 is 1.11 bits per heavy atom. The number of anilines is 1. The number of para-hydroxylation sites is 1. The Morgan fingerprint density at radius 3 is 2.50 bits per heavy atom. The molecular weight excluding hydrogens is 348 g/mol. The Morgan fingerprint density at radius 2 is 1.79 bits per heavy atom. The van der Waals surface area contributed by atoms with Crippen LogP contribution in [-0.4, -0.2) is 20.7 Å². The Kier molecular flexibility index (Phi) is 4.46. The minimum Gasteiger partial charge on any atom is -0.334 e. The van der Waals surface area contributed by atoms with E-state index >= 15 is 0 Å². The summed E-state index contributed by atoms with van der Waals surface area (Å²) in [5.41, 5.74) is 4.38. The van der Waals surface area contributed by atoms with Gasteiger partial charge in [0, 0.05) is 12.6 Å². The van der Waals surface area contributed by atoms with Gasteiger partial charge in [0.2, 0.25) is 0 Å². The van der Waals surface area contributed by atoms with Gasteiger partial charge in [0.15, 0.2) is 0 Å². The van der Waals surface area contributed by atoms with Crippen LogP contribution in [0.2, 0.25) is 0 Å². The van der Waals surface area contributed by atoms with E-state index in [1.807, 2.05) is 55.1 Å². The molecule has 3 aromatic rings. The topological polar surface area (TPSA) is 51.3 Å².